The number of rotatable bonds is 4. The topological polar surface area (TPSA) is 56.7 Å². The highest BCUT2D eigenvalue weighted by Gasteiger charge is 2.17. The van der Waals surface area contributed by atoms with Crippen molar-refractivity contribution in [3.8, 4) is 11.3 Å². The van der Waals surface area contributed by atoms with Crippen LogP contribution in [-0.2, 0) is 13.1 Å². The van der Waals surface area contributed by atoms with Crippen molar-refractivity contribution in [3.05, 3.63) is 70.6 Å². The Kier molecular flexibility index (Phi) is 4.18. The van der Waals surface area contributed by atoms with Gasteiger partial charge in [-0.2, -0.15) is 0 Å². The molecule has 0 saturated heterocycles. The van der Waals surface area contributed by atoms with Crippen molar-refractivity contribution in [1.82, 2.24) is 15.0 Å². The predicted octanol–water partition coefficient (Wildman–Crippen LogP) is 3.24. The van der Waals surface area contributed by atoms with Crippen LogP contribution in [0.15, 0.2) is 48.5 Å². The average Bonchev–Trinajstić information content (AvgIpc) is 2.93. The van der Waals surface area contributed by atoms with Gasteiger partial charge >= 0.3 is 0 Å². The summed E-state index contributed by atoms with van der Waals surface area (Å²) in [5, 5.41) is 8.79. The first-order valence-corrected chi connectivity index (χ1v) is 7.19. The van der Waals surface area contributed by atoms with Crippen LogP contribution >= 0.6 is 11.6 Å². The molecule has 1 heterocycles. The van der Waals surface area contributed by atoms with Crippen molar-refractivity contribution in [3.63, 3.8) is 0 Å². The molecular weight excluding hydrogens is 303 g/mol. The molecule has 22 heavy (non-hydrogen) atoms. The second kappa shape index (κ2) is 6.25. The van der Waals surface area contributed by atoms with E-state index in [9.17, 15) is 4.39 Å². The van der Waals surface area contributed by atoms with Crippen molar-refractivity contribution >= 4 is 11.6 Å². The second-order valence-electron chi connectivity index (χ2n) is 4.82. The molecule has 0 spiro atoms. The van der Waals surface area contributed by atoms with E-state index in [0.29, 0.717) is 28.5 Å². The van der Waals surface area contributed by atoms with Gasteiger partial charge in [0.25, 0.3) is 0 Å². The fourth-order valence-corrected chi connectivity index (χ4v) is 2.53. The molecule has 6 heteroatoms. The van der Waals surface area contributed by atoms with Crippen LogP contribution in [0.25, 0.3) is 11.3 Å². The third kappa shape index (κ3) is 2.73. The number of nitrogens with two attached hydrogens (primary N) is 1. The third-order valence-corrected chi connectivity index (χ3v) is 3.77. The van der Waals surface area contributed by atoms with Crippen LogP contribution < -0.4 is 5.73 Å². The summed E-state index contributed by atoms with van der Waals surface area (Å²) in [6.45, 7) is 0.586. The largest absolute Gasteiger partial charge is 0.325 e. The third-order valence-electron chi connectivity index (χ3n) is 3.41. The van der Waals surface area contributed by atoms with Gasteiger partial charge in [0.1, 0.15) is 11.5 Å². The molecule has 2 N–H and O–H groups in total. The van der Waals surface area contributed by atoms with Gasteiger partial charge in [-0.25, -0.2) is 9.07 Å². The SMILES string of the molecule is NCc1nnn(Cc2ccccc2Cl)c1-c1ccccc1F. The number of nitrogens with zero attached hydrogens (tertiary/aromatic N) is 3. The van der Waals surface area contributed by atoms with Crippen molar-refractivity contribution in [2.75, 3.05) is 0 Å². The lowest BCUT2D eigenvalue weighted by Crippen LogP contribution is -2.07. The van der Waals surface area contributed by atoms with Gasteiger partial charge in [-0.1, -0.05) is 47.1 Å². The zero-order chi connectivity index (χ0) is 15.5. The molecule has 2 aromatic carbocycles. The summed E-state index contributed by atoms with van der Waals surface area (Å²) in [7, 11) is 0. The van der Waals surface area contributed by atoms with E-state index < -0.39 is 0 Å². The summed E-state index contributed by atoms with van der Waals surface area (Å²) in [6, 6.07) is 14.0. The number of benzene rings is 2. The Morgan fingerprint density at radius 3 is 2.55 bits per heavy atom. The molecule has 0 aliphatic rings. The van der Waals surface area contributed by atoms with Crippen LogP contribution in [0.3, 0.4) is 0 Å². The van der Waals surface area contributed by atoms with Crippen molar-refractivity contribution in [1.29, 1.82) is 0 Å². The fourth-order valence-electron chi connectivity index (χ4n) is 2.33. The van der Waals surface area contributed by atoms with Gasteiger partial charge in [0, 0.05) is 17.1 Å². The quantitative estimate of drug-likeness (QED) is 0.804. The first-order valence-electron chi connectivity index (χ1n) is 6.81. The minimum absolute atomic E-state index is 0.187. The van der Waals surface area contributed by atoms with E-state index in [1.165, 1.54) is 6.07 Å². The predicted molar refractivity (Wildman–Crippen MR) is 83.9 cm³/mol. The molecule has 0 saturated carbocycles. The average molecular weight is 317 g/mol. The standard InChI is InChI=1S/C16H14ClFN4/c17-13-7-3-1-5-11(13)10-22-16(15(9-19)20-21-22)12-6-2-4-8-14(12)18/h1-8H,9-10,19H2. The van der Waals surface area contributed by atoms with E-state index in [4.69, 9.17) is 17.3 Å². The lowest BCUT2D eigenvalue weighted by molar-refractivity contribution is 0.621. The molecule has 4 nitrogen and oxygen atoms in total. The van der Waals surface area contributed by atoms with Gasteiger partial charge in [0.15, 0.2) is 0 Å². The minimum Gasteiger partial charge on any atom is -0.325 e. The van der Waals surface area contributed by atoms with Crippen molar-refractivity contribution in [2.24, 2.45) is 5.73 Å². The Morgan fingerprint density at radius 2 is 1.82 bits per heavy atom. The lowest BCUT2D eigenvalue weighted by atomic mass is 10.1. The smallest absolute Gasteiger partial charge is 0.132 e. The van der Waals surface area contributed by atoms with Crippen LogP contribution in [0, 0.1) is 5.82 Å². The van der Waals surface area contributed by atoms with Crippen LogP contribution in [0.4, 0.5) is 4.39 Å². The number of hydrogen-bond acceptors (Lipinski definition) is 3. The molecule has 112 valence electrons. The monoisotopic (exact) mass is 316 g/mol. The minimum atomic E-state index is -0.333. The van der Waals surface area contributed by atoms with Crippen molar-refractivity contribution in [2.45, 2.75) is 13.1 Å². The van der Waals surface area contributed by atoms with Gasteiger partial charge in [0.2, 0.25) is 0 Å². The van der Waals surface area contributed by atoms with E-state index in [-0.39, 0.29) is 12.4 Å². The van der Waals surface area contributed by atoms with Crippen LogP contribution in [-0.4, -0.2) is 15.0 Å². The Hall–Kier alpha value is -2.24. The Balaban J connectivity index is 2.09. The Bertz CT molecular complexity index is 800. The lowest BCUT2D eigenvalue weighted by Gasteiger charge is -2.10. The second-order valence-corrected chi connectivity index (χ2v) is 5.22. The number of halogens is 2. The number of hydrogen-bond donors (Lipinski definition) is 1. The molecule has 0 unspecified atom stereocenters. The Morgan fingerprint density at radius 1 is 1.09 bits per heavy atom. The summed E-state index contributed by atoms with van der Waals surface area (Å²) in [5.74, 6) is -0.333. The fraction of sp³-hybridized carbons (Fsp3) is 0.125. The Labute approximate surface area is 132 Å². The summed E-state index contributed by atoms with van der Waals surface area (Å²) >= 11 is 6.18. The van der Waals surface area contributed by atoms with Crippen LogP contribution in [0.2, 0.25) is 5.02 Å². The molecule has 0 aliphatic heterocycles. The van der Waals surface area contributed by atoms with E-state index in [2.05, 4.69) is 10.3 Å². The first-order chi connectivity index (χ1) is 10.7. The molecule has 0 atom stereocenters. The summed E-state index contributed by atoms with van der Waals surface area (Å²) in [6.07, 6.45) is 0. The van der Waals surface area contributed by atoms with Crippen LogP contribution in [0.5, 0.6) is 0 Å². The number of aromatic nitrogens is 3. The summed E-state index contributed by atoms with van der Waals surface area (Å²) in [4.78, 5) is 0. The molecule has 1 aromatic heterocycles. The van der Waals surface area contributed by atoms with E-state index in [0.717, 1.165) is 5.56 Å². The normalized spacial score (nSPS) is 10.9. The highest BCUT2D eigenvalue weighted by molar-refractivity contribution is 6.31. The molecule has 3 aromatic rings. The van der Waals surface area contributed by atoms with Crippen molar-refractivity contribution < 1.29 is 4.39 Å². The summed E-state index contributed by atoms with van der Waals surface area (Å²) in [5.41, 5.74) is 8.16. The zero-order valence-electron chi connectivity index (χ0n) is 11.7. The molecule has 3 rings (SSSR count). The highest BCUT2D eigenvalue weighted by Crippen LogP contribution is 2.26. The molecule has 0 fully saturated rings. The zero-order valence-corrected chi connectivity index (χ0v) is 12.5. The van der Waals surface area contributed by atoms with E-state index >= 15 is 0 Å². The van der Waals surface area contributed by atoms with Gasteiger partial charge in [-0.15, -0.1) is 5.10 Å². The van der Waals surface area contributed by atoms with E-state index in [1.54, 1.807) is 28.9 Å². The molecule has 0 amide bonds. The van der Waals surface area contributed by atoms with E-state index in [1.807, 2.05) is 18.2 Å². The van der Waals surface area contributed by atoms with Gasteiger partial charge in [0.05, 0.1) is 12.2 Å². The molecule has 0 bridgehead atoms. The van der Waals surface area contributed by atoms with Gasteiger partial charge < -0.3 is 5.73 Å². The summed E-state index contributed by atoms with van der Waals surface area (Å²) < 4.78 is 15.8. The maximum Gasteiger partial charge on any atom is 0.132 e. The maximum absolute atomic E-state index is 14.1. The van der Waals surface area contributed by atoms with Gasteiger partial charge in [-0.05, 0) is 23.8 Å². The first kappa shape index (κ1) is 14.7. The molecule has 0 aliphatic carbocycles. The highest BCUT2D eigenvalue weighted by atomic mass is 35.5. The maximum atomic E-state index is 14.1. The van der Waals surface area contributed by atoms with Gasteiger partial charge in [-0.3, -0.25) is 0 Å². The molecular formula is C16H14ClFN4. The van der Waals surface area contributed by atoms with Crippen LogP contribution in [0.1, 0.15) is 11.3 Å². The molecule has 0 radical (unpaired) electrons.